The van der Waals surface area contributed by atoms with Crippen molar-refractivity contribution in [2.45, 2.75) is 18.6 Å². The second-order valence-corrected chi connectivity index (χ2v) is 4.47. The number of methoxy groups -OCH3 is 1. The zero-order valence-electron chi connectivity index (χ0n) is 9.75. The number of halogens is 1. The van der Waals surface area contributed by atoms with Crippen LogP contribution in [0.5, 0.6) is 5.75 Å². The number of nitro benzene ring substituents is 1. The smallest absolute Gasteiger partial charge is 0.273 e. The lowest BCUT2D eigenvalue weighted by Gasteiger charge is -2.19. The van der Waals surface area contributed by atoms with Crippen LogP contribution in [0.25, 0.3) is 0 Å². The highest BCUT2D eigenvalue weighted by Gasteiger charge is 2.23. The van der Waals surface area contributed by atoms with Crippen molar-refractivity contribution in [2.24, 2.45) is 0 Å². The third kappa shape index (κ3) is 3.41. The summed E-state index contributed by atoms with van der Waals surface area (Å²) in [4.78, 5) is 10.1. The highest BCUT2D eigenvalue weighted by Crippen LogP contribution is 2.31. The monoisotopic (exact) mass is 319 g/mol. The fourth-order valence-corrected chi connectivity index (χ4v) is 2.00. The number of benzene rings is 1. The van der Waals surface area contributed by atoms with Crippen molar-refractivity contribution in [3.63, 3.8) is 0 Å². The number of hydrogen-bond acceptors (Lipinski definition) is 5. The predicted octanol–water partition coefficient (Wildman–Crippen LogP) is 1.78. The van der Waals surface area contributed by atoms with Crippen molar-refractivity contribution in [3.8, 4) is 5.75 Å². The molecule has 0 saturated heterocycles. The van der Waals surface area contributed by atoms with Crippen LogP contribution >= 0.6 is 15.9 Å². The van der Waals surface area contributed by atoms with E-state index in [1.165, 1.54) is 25.3 Å². The number of nitro groups is 1. The summed E-state index contributed by atoms with van der Waals surface area (Å²) in [6.45, 7) is 0. The molecule has 0 radical (unpaired) electrons. The molecule has 0 heterocycles. The van der Waals surface area contributed by atoms with Crippen LogP contribution in [-0.2, 0) is 0 Å². The Kier molecular flexibility index (Phi) is 5.52. The molecule has 2 N–H and O–H groups in total. The number of ether oxygens (including phenoxy) is 1. The molecule has 0 aliphatic carbocycles. The Morgan fingerprint density at radius 2 is 2.17 bits per heavy atom. The number of aliphatic hydroxyl groups is 2. The van der Waals surface area contributed by atoms with Gasteiger partial charge in [-0.05, 0) is 12.5 Å². The molecule has 100 valence electrons. The Bertz CT molecular complexity index is 426. The lowest BCUT2D eigenvalue weighted by atomic mass is 10.0. The van der Waals surface area contributed by atoms with Gasteiger partial charge in [-0.25, -0.2) is 0 Å². The van der Waals surface area contributed by atoms with Crippen molar-refractivity contribution in [2.75, 3.05) is 12.4 Å². The fraction of sp³-hybridized carbons (Fsp3) is 0.455. The molecule has 0 fully saturated rings. The lowest BCUT2D eigenvalue weighted by molar-refractivity contribution is -0.385. The molecule has 0 spiro atoms. The molecule has 6 nitrogen and oxygen atoms in total. The molecule has 0 aliphatic rings. The minimum Gasteiger partial charge on any atom is -0.496 e. The predicted molar refractivity (Wildman–Crippen MR) is 69.0 cm³/mol. The molecule has 0 amide bonds. The molecule has 2 unspecified atom stereocenters. The van der Waals surface area contributed by atoms with Gasteiger partial charge < -0.3 is 14.9 Å². The summed E-state index contributed by atoms with van der Waals surface area (Å²) in [6.07, 6.45) is -1.74. The van der Waals surface area contributed by atoms with Gasteiger partial charge >= 0.3 is 0 Å². The number of non-ortho nitro benzene ring substituents is 1. The van der Waals surface area contributed by atoms with E-state index in [1.54, 1.807) is 0 Å². The van der Waals surface area contributed by atoms with Gasteiger partial charge in [-0.15, -0.1) is 0 Å². The van der Waals surface area contributed by atoms with E-state index in [4.69, 9.17) is 4.74 Å². The molecule has 18 heavy (non-hydrogen) atoms. The first kappa shape index (κ1) is 14.9. The van der Waals surface area contributed by atoms with E-state index in [2.05, 4.69) is 15.9 Å². The quantitative estimate of drug-likeness (QED) is 0.473. The van der Waals surface area contributed by atoms with Gasteiger partial charge in [-0.1, -0.05) is 15.9 Å². The van der Waals surface area contributed by atoms with Gasteiger partial charge in [0.15, 0.2) is 0 Å². The maximum atomic E-state index is 10.6. The Morgan fingerprint density at radius 3 is 2.67 bits per heavy atom. The summed E-state index contributed by atoms with van der Waals surface area (Å²) < 4.78 is 5.00. The van der Waals surface area contributed by atoms with Crippen molar-refractivity contribution < 1.29 is 19.9 Å². The van der Waals surface area contributed by atoms with Crippen LogP contribution in [0.15, 0.2) is 18.2 Å². The zero-order valence-corrected chi connectivity index (χ0v) is 11.3. The first-order chi connectivity index (χ1) is 8.51. The molecule has 0 bridgehead atoms. The molecule has 1 aromatic rings. The number of aliphatic hydroxyl groups excluding tert-OH is 2. The summed E-state index contributed by atoms with van der Waals surface area (Å²) in [7, 11) is 1.35. The maximum absolute atomic E-state index is 10.6. The van der Waals surface area contributed by atoms with Crippen LogP contribution < -0.4 is 4.74 Å². The van der Waals surface area contributed by atoms with Gasteiger partial charge in [0.1, 0.15) is 11.9 Å². The van der Waals surface area contributed by atoms with Crippen molar-refractivity contribution in [1.82, 2.24) is 0 Å². The van der Waals surface area contributed by atoms with Gasteiger partial charge in [-0.3, -0.25) is 10.1 Å². The first-order valence-corrected chi connectivity index (χ1v) is 6.37. The Hall–Kier alpha value is -1.18. The SMILES string of the molecule is COc1cc([N+](=O)[O-])ccc1C(O)C(O)CCBr. The molecule has 0 aromatic heterocycles. The van der Waals surface area contributed by atoms with Gasteiger partial charge in [0, 0.05) is 17.0 Å². The molecule has 0 saturated carbocycles. The van der Waals surface area contributed by atoms with E-state index in [0.717, 1.165) is 0 Å². The van der Waals surface area contributed by atoms with Crippen LogP contribution in [-0.4, -0.2) is 33.7 Å². The van der Waals surface area contributed by atoms with E-state index in [1.807, 2.05) is 0 Å². The van der Waals surface area contributed by atoms with Crippen molar-refractivity contribution in [3.05, 3.63) is 33.9 Å². The van der Waals surface area contributed by atoms with Crippen LogP contribution in [0.4, 0.5) is 5.69 Å². The van der Waals surface area contributed by atoms with E-state index in [9.17, 15) is 20.3 Å². The Morgan fingerprint density at radius 1 is 1.50 bits per heavy atom. The number of alkyl halides is 1. The highest BCUT2D eigenvalue weighted by atomic mass is 79.9. The zero-order chi connectivity index (χ0) is 13.7. The van der Waals surface area contributed by atoms with E-state index >= 15 is 0 Å². The lowest BCUT2D eigenvalue weighted by Crippen LogP contribution is -2.19. The number of nitrogens with zero attached hydrogens (tertiary/aromatic N) is 1. The third-order valence-electron chi connectivity index (χ3n) is 2.52. The molecule has 0 aliphatic heterocycles. The summed E-state index contributed by atoms with van der Waals surface area (Å²) in [5, 5.41) is 30.8. The van der Waals surface area contributed by atoms with Crippen LogP contribution in [0.3, 0.4) is 0 Å². The molecular formula is C11H14BrNO5. The third-order valence-corrected chi connectivity index (χ3v) is 2.97. The molecule has 7 heteroatoms. The van der Waals surface area contributed by atoms with E-state index < -0.39 is 17.1 Å². The van der Waals surface area contributed by atoms with Crippen LogP contribution in [0, 0.1) is 10.1 Å². The minimum atomic E-state index is -1.14. The van der Waals surface area contributed by atoms with Gasteiger partial charge in [-0.2, -0.15) is 0 Å². The molecule has 1 aromatic carbocycles. The minimum absolute atomic E-state index is 0.127. The Labute approximate surface area is 112 Å². The average molecular weight is 320 g/mol. The van der Waals surface area contributed by atoms with Gasteiger partial charge in [0.2, 0.25) is 0 Å². The normalized spacial score (nSPS) is 14.0. The van der Waals surface area contributed by atoms with Crippen LogP contribution in [0.2, 0.25) is 0 Å². The van der Waals surface area contributed by atoms with Gasteiger partial charge in [0.05, 0.1) is 24.2 Å². The molecule has 1 rings (SSSR count). The Balaban J connectivity index is 3.05. The van der Waals surface area contributed by atoms with Gasteiger partial charge in [0.25, 0.3) is 5.69 Å². The molecule has 2 atom stereocenters. The highest BCUT2D eigenvalue weighted by molar-refractivity contribution is 9.09. The van der Waals surface area contributed by atoms with E-state index in [-0.39, 0.29) is 11.4 Å². The number of hydrogen-bond donors (Lipinski definition) is 2. The second-order valence-electron chi connectivity index (χ2n) is 3.67. The van der Waals surface area contributed by atoms with E-state index in [0.29, 0.717) is 17.3 Å². The first-order valence-electron chi connectivity index (χ1n) is 5.25. The maximum Gasteiger partial charge on any atom is 0.273 e. The topological polar surface area (TPSA) is 92.8 Å². The van der Waals surface area contributed by atoms with Crippen molar-refractivity contribution in [1.29, 1.82) is 0 Å². The summed E-state index contributed by atoms with van der Waals surface area (Å²) in [5.41, 5.74) is 0.203. The number of rotatable bonds is 6. The summed E-state index contributed by atoms with van der Waals surface area (Å²) >= 11 is 3.17. The largest absolute Gasteiger partial charge is 0.496 e. The van der Waals surface area contributed by atoms with Crippen LogP contribution in [0.1, 0.15) is 18.1 Å². The molecular weight excluding hydrogens is 306 g/mol. The fourth-order valence-electron chi connectivity index (χ4n) is 1.53. The summed E-state index contributed by atoms with van der Waals surface area (Å²) in [6, 6.07) is 3.88. The second kappa shape index (κ2) is 6.67. The summed E-state index contributed by atoms with van der Waals surface area (Å²) in [5.74, 6) is 0.185. The standard InChI is InChI=1S/C11H14BrNO5/c1-18-10-6-7(13(16)17)2-3-8(10)11(15)9(14)4-5-12/h2-3,6,9,11,14-15H,4-5H2,1H3. The average Bonchev–Trinajstić information content (AvgIpc) is 2.37. The van der Waals surface area contributed by atoms with Crippen molar-refractivity contribution >= 4 is 21.6 Å².